The van der Waals surface area contributed by atoms with Crippen LogP contribution in [0.15, 0.2) is 18.2 Å². The highest BCUT2D eigenvalue weighted by atomic mass is 16.6. The summed E-state index contributed by atoms with van der Waals surface area (Å²) in [4.78, 5) is 49.6. The number of carbonyl (C=O) groups excluding carboxylic acids is 4. The lowest BCUT2D eigenvalue weighted by Gasteiger charge is -2.23. The summed E-state index contributed by atoms with van der Waals surface area (Å²) < 4.78 is 21.1. The van der Waals surface area contributed by atoms with Gasteiger partial charge in [0.05, 0.1) is 20.0 Å². The number of alkyl carbamates (subject to hydrolysis) is 1. The average Bonchev–Trinajstić information content (AvgIpc) is 2.64. The zero-order valence-corrected chi connectivity index (χ0v) is 23.2. The molecule has 0 aromatic heterocycles. The Kier molecular flexibility index (Phi) is 10.5. The normalized spacial score (nSPS) is 12.8. The van der Waals surface area contributed by atoms with E-state index in [0.29, 0.717) is 5.56 Å². The first-order chi connectivity index (χ1) is 16.3. The van der Waals surface area contributed by atoms with E-state index < -0.39 is 35.6 Å². The molecule has 1 aromatic rings. The van der Waals surface area contributed by atoms with Crippen molar-refractivity contribution in [2.45, 2.75) is 93.2 Å². The van der Waals surface area contributed by atoms with Crippen molar-refractivity contribution < 1.29 is 38.1 Å². The van der Waals surface area contributed by atoms with Crippen LogP contribution in [0.3, 0.4) is 0 Å². The standard InChI is InChI=1S/C27H41NO8/c1-25(2,3)15-21(29)34-19-12-11-17(14-20(19)35-22(30)16-26(4,5)6)13-18(23(31)33-10)28-24(32)36-27(7,8)9/h11-12,14,18H,13,15-16H2,1-10H3,(H,28,32). The summed E-state index contributed by atoms with van der Waals surface area (Å²) in [7, 11) is 1.21. The van der Waals surface area contributed by atoms with Crippen molar-refractivity contribution >= 4 is 24.0 Å². The topological polar surface area (TPSA) is 117 Å². The Morgan fingerprint density at radius 3 is 1.75 bits per heavy atom. The quantitative estimate of drug-likeness (QED) is 0.387. The lowest BCUT2D eigenvalue weighted by molar-refractivity contribution is -0.143. The largest absolute Gasteiger partial charge is 0.467 e. The molecule has 9 heteroatoms. The van der Waals surface area contributed by atoms with Crippen LogP contribution >= 0.6 is 0 Å². The van der Waals surface area contributed by atoms with Gasteiger partial charge in [0.15, 0.2) is 11.5 Å². The molecule has 1 unspecified atom stereocenters. The van der Waals surface area contributed by atoms with Crippen molar-refractivity contribution in [2.75, 3.05) is 7.11 Å². The number of hydrogen-bond donors (Lipinski definition) is 1. The summed E-state index contributed by atoms with van der Waals surface area (Å²) in [6.07, 6.45) is -0.458. The number of amides is 1. The minimum atomic E-state index is -1.06. The number of hydrogen-bond acceptors (Lipinski definition) is 8. The SMILES string of the molecule is COC(=O)C(Cc1ccc(OC(=O)CC(C)(C)C)c(OC(=O)CC(C)(C)C)c1)NC(=O)OC(C)(C)C. The molecule has 1 aromatic carbocycles. The third-order valence-electron chi connectivity index (χ3n) is 4.42. The lowest BCUT2D eigenvalue weighted by Crippen LogP contribution is -2.45. The van der Waals surface area contributed by atoms with Crippen LogP contribution in [-0.4, -0.2) is 42.8 Å². The molecule has 0 saturated heterocycles. The van der Waals surface area contributed by atoms with E-state index >= 15 is 0 Å². The Morgan fingerprint density at radius 2 is 1.31 bits per heavy atom. The molecule has 1 amide bonds. The van der Waals surface area contributed by atoms with Crippen LogP contribution in [0.1, 0.15) is 80.7 Å². The van der Waals surface area contributed by atoms with E-state index in [2.05, 4.69) is 5.32 Å². The fourth-order valence-corrected chi connectivity index (χ4v) is 3.05. The molecule has 1 rings (SSSR count). The molecular weight excluding hydrogens is 466 g/mol. The summed E-state index contributed by atoms with van der Waals surface area (Å²) in [6, 6.07) is 3.56. The lowest BCUT2D eigenvalue weighted by atomic mass is 9.92. The highest BCUT2D eigenvalue weighted by Crippen LogP contribution is 2.32. The Hall–Kier alpha value is -3.10. The zero-order chi connectivity index (χ0) is 27.9. The van der Waals surface area contributed by atoms with Gasteiger partial charge in [-0.2, -0.15) is 0 Å². The first kappa shape index (κ1) is 30.9. The molecule has 36 heavy (non-hydrogen) atoms. The fourth-order valence-electron chi connectivity index (χ4n) is 3.05. The van der Waals surface area contributed by atoms with Gasteiger partial charge in [-0.3, -0.25) is 9.59 Å². The molecule has 1 atom stereocenters. The van der Waals surface area contributed by atoms with Gasteiger partial charge >= 0.3 is 24.0 Å². The molecule has 0 radical (unpaired) electrons. The Balaban J connectivity index is 3.24. The molecule has 0 spiro atoms. The molecule has 9 nitrogen and oxygen atoms in total. The second-order valence-electron chi connectivity index (χ2n) is 12.1. The molecule has 202 valence electrons. The van der Waals surface area contributed by atoms with E-state index in [-0.39, 0.29) is 41.6 Å². The number of rotatable bonds is 8. The minimum absolute atomic E-state index is 0.0198. The summed E-state index contributed by atoms with van der Waals surface area (Å²) in [5.41, 5.74) is -0.820. The third-order valence-corrected chi connectivity index (χ3v) is 4.42. The van der Waals surface area contributed by atoms with E-state index in [9.17, 15) is 19.2 Å². The van der Waals surface area contributed by atoms with Crippen molar-refractivity contribution in [2.24, 2.45) is 10.8 Å². The maximum absolute atomic E-state index is 12.6. The highest BCUT2D eigenvalue weighted by molar-refractivity contribution is 5.82. The molecule has 0 fully saturated rings. The van der Waals surface area contributed by atoms with Gasteiger partial charge in [0.25, 0.3) is 0 Å². The number of carbonyl (C=O) groups is 4. The van der Waals surface area contributed by atoms with Gasteiger partial charge in [-0.25, -0.2) is 9.59 Å². The summed E-state index contributed by atoms with van der Waals surface area (Å²) in [5, 5.41) is 2.51. The smallest absolute Gasteiger partial charge is 0.408 e. The summed E-state index contributed by atoms with van der Waals surface area (Å²) in [6.45, 7) is 16.5. The van der Waals surface area contributed by atoms with Gasteiger partial charge in [0, 0.05) is 6.42 Å². The third kappa shape index (κ3) is 12.6. The van der Waals surface area contributed by atoms with Crippen LogP contribution in [0.4, 0.5) is 4.79 Å². The van der Waals surface area contributed by atoms with E-state index in [1.54, 1.807) is 26.8 Å². The minimum Gasteiger partial charge on any atom is -0.467 e. The molecule has 0 bridgehead atoms. The molecule has 0 saturated carbocycles. The Morgan fingerprint density at radius 1 is 0.806 bits per heavy atom. The second kappa shape index (κ2) is 12.2. The van der Waals surface area contributed by atoms with Crippen LogP contribution in [0.2, 0.25) is 0 Å². The Labute approximate surface area is 214 Å². The molecule has 0 heterocycles. The summed E-state index contributed by atoms with van der Waals surface area (Å²) >= 11 is 0. The highest BCUT2D eigenvalue weighted by Gasteiger charge is 2.27. The molecule has 0 aliphatic carbocycles. The second-order valence-corrected chi connectivity index (χ2v) is 12.1. The van der Waals surface area contributed by atoms with Crippen LogP contribution in [0, 0.1) is 10.8 Å². The first-order valence-electron chi connectivity index (χ1n) is 11.9. The number of benzene rings is 1. The van der Waals surface area contributed by atoms with E-state index in [4.69, 9.17) is 18.9 Å². The number of esters is 3. The molecule has 0 aliphatic heterocycles. The number of methoxy groups -OCH3 is 1. The fraction of sp³-hybridized carbons (Fsp3) is 0.630. The van der Waals surface area contributed by atoms with Gasteiger partial charge in [-0.1, -0.05) is 47.6 Å². The number of ether oxygens (including phenoxy) is 4. The van der Waals surface area contributed by atoms with Crippen molar-refractivity contribution in [1.29, 1.82) is 0 Å². The van der Waals surface area contributed by atoms with Crippen LogP contribution in [0.25, 0.3) is 0 Å². The van der Waals surface area contributed by atoms with E-state index in [1.165, 1.54) is 19.2 Å². The van der Waals surface area contributed by atoms with Crippen molar-refractivity contribution in [1.82, 2.24) is 5.32 Å². The predicted octanol–water partition coefficient (Wildman–Crippen LogP) is 4.98. The molecular formula is C27H41NO8. The van der Waals surface area contributed by atoms with Gasteiger partial charge in [-0.05, 0) is 49.3 Å². The molecule has 1 N–H and O–H groups in total. The van der Waals surface area contributed by atoms with E-state index in [0.717, 1.165) is 0 Å². The zero-order valence-electron chi connectivity index (χ0n) is 23.2. The van der Waals surface area contributed by atoms with Crippen LogP contribution < -0.4 is 14.8 Å². The van der Waals surface area contributed by atoms with Crippen LogP contribution in [0.5, 0.6) is 11.5 Å². The maximum Gasteiger partial charge on any atom is 0.408 e. The summed E-state index contributed by atoms with van der Waals surface area (Å²) in [5.74, 6) is -1.51. The monoisotopic (exact) mass is 507 g/mol. The van der Waals surface area contributed by atoms with Gasteiger partial charge in [0.1, 0.15) is 11.6 Å². The van der Waals surface area contributed by atoms with Gasteiger partial charge < -0.3 is 24.3 Å². The van der Waals surface area contributed by atoms with Gasteiger partial charge in [0.2, 0.25) is 0 Å². The van der Waals surface area contributed by atoms with Crippen molar-refractivity contribution in [3.8, 4) is 11.5 Å². The number of nitrogens with one attached hydrogen (secondary N) is 1. The van der Waals surface area contributed by atoms with Crippen molar-refractivity contribution in [3.63, 3.8) is 0 Å². The molecule has 0 aliphatic rings. The van der Waals surface area contributed by atoms with E-state index in [1.807, 2.05) is 41.5 Å². The van der Waals surface area contributed by atoms with Crippen molar-refractivity contribution in [3.05, 3.63) is 23.8 Å². The average molecular weight is 508 g/mol. The van der Waals surface area contributed by atoms with Crippen LogP contribution in [-0.2, 0) is 30.3 Å². The maximum atomic E-state index is 12.6. The first-order valence-corrected chi connectivity index (χ1v) is 11.9. The Bertz CT molecular complexity index is 948. The van der Waals surface area contributed by atoms with Gasteiger partial charge in [-0.15, -0.1) is 0 Å². The predicted molar refractivity (Wildman–Crippen MR) is 135 cm³/mol.